The van der Waals surface area contributed by atoms with Gasteiger partial charge in [-0.3, -0.25) is 4.79 Å². The van der Waals surface area contributed by atoms with Crippen molar-refractivity contribution in [3.8, 4) is 28.0 Å². The Hall–Kier alpha value is -4.45. The fourth-order valence-corrected chi connectivity index (χ4v) is 3.84. The number of aromatic hydroxyl groups is 1. The van der Waals surface area contributed by atoms with Crippen LogP contribution in [0.4, 0.5) is 4.39 Å². The summed E-state index contributed by atoms with van der Waals surface area (Å²) < 4.78 is 18.5. The summed E-state index contributed by atoms with van der Waals surface area (Å²) in [5, 5.41) is 13.0. The van der Waals surface area contributed by atoms with E-state index in [9.17, 15) is 19.1 Å². The van der Waals surface area contributed by atoms with Crippen LogP contribution in [0.25, 0.3) is 22.3 Å². The summed E-state index contributed by atoms with van der Waals surface area (Å²) in [6, 6.07) is 27.0. The molecule has 0 aliphatic heterocycles. The van der Waals surface area contributed by atoms with Crippen LogP contribution in [0.2, 0.25) is 0 Å². The molecule has 0 fully saturated rings. The Labute approximate surface area is 202 Å². The fraction of sp³-hybridized carbons (Fsp3) is 0.103. The number of halogens is 1. The molecule has 0 bridgehead atoms. The third-order valence-corrected chi connectivity index (χ3v) is 5.69. The van der Waals surface area contributed by atoms with Crippen molar-refractivity contribution in [3.63, 3.8) is 0 Å². The first kappa shape index (κ1) is 23.7. The number of hydrogen-bond acceptors (Lipinski definition) is 4. The molecule has 4 aromatic carbocycles. The molecule has 0 spiro atoms. The van der Waals surface area contributed by atoms with Crippen LogP contribution >= 0.6 is 0 Å². The van der Waals surface area contributed by atoms with Gasteiger partial charge in [-0.25, -0.2) is 9.18 Å². The zero-order valence-electron chi connectivity index (χ0n) is 19.1. The standard InChI is InChI=1S/C29H24FNO4/c1-35-29(34)26(16-19-10-12-21(13-11-19)20-6-3-2-4-7-20)31-28(33)25-18-23(14-15-27(25)32)22-8-5-9-24(30)17-22/h2-15,17-18,26,32H,16H2,1H3,(H,31,33). The van der Waals surface area contributed by atoms with Crippen molar-refractivity contribution in [1.82, 2.24) is 5.32 Å². The van der Waals surface area contributed by atoms with Crippen molar-refractivity contribution in [2.45, 2.75) is 12.5 Å². The van der Waals surface area contributed by atoms with Gasteiger partial charge in [0.2, 0.25) is 0 Å². The Morgan fingerprint density at radius 3 is 2.14 bits per heavy atom. The zero-order chi connectivity index (χ0) is 24.8. The van der Waals surface area contributed by atoms with Gasteiger partial charge >= 0.3 is 5.97 Å². The maximum absolute atomic E-state index is 13.6. The highest BCUT2D eigenvalue weighted by atomic mass is 19.1. The molecule has 0 heterocycles. The number of methoxy groups -OCH3 is 1. The molecule has 2 N–H and O–H groups in total. The summed E-state index contributed by atoms with van der Waals surface area (Å²) in [7, 11) is 1.25. The first-order valence-electron chi connectivity index (χ1n) is 11.1. The molecule has 0 aliphatic rings. The maximum Gasteiger partial charge on any atom is 0.328 e. The van der Waals surface area contributed by atoms with Gasteiger partial charge in [-0.05, 0) is 52.1 Å². The second-order valence-electron chi connectivity index (χ2n) is 8.06. The van der Waals surface area contributed by atoms with Crippen LogP contribution in [0.15, 0.2) is 97.1 Å². The Bertz CT molecular complexity index is 1340. The largest absolute Gasteiger partial charge is 0.507 e. The molecular weight excluding hydrogens is 445 g/mol. The minimum atomic E-state index is -0.965. The summed E-state index contributed by atoms with van der Waals surface area (Å²) in [6.07, 6.45) is 0.206. The average molecular weight is 470 g/mol. The van der Waals surface area contributed by atoms with E-state index in [0.717, 1.165) is 16.7 Å². The van der Waals surface area contributed by atoms with Gasteiger partial charge in [-0.1, -0.05) is 72.8 Å². The monoisotopic (exact) mass is 469 g/mol. The van der Waals surface area contributed by atoms with Crippen LogP contribution in [0.3, 0.4) is 0 Å². The van der Waals surface area contributed by atoms with E-state index in [1.54, 1.807) is 18.2 Å². The predicted octanol–water partition coefficient (Wildman–Crippen LogP) is 5.38. The molecule has 6 heteroatoms. The number of benzene rings is 4. The summed E-state index contributed by atoms with van der Waals surface area (Å²) in [6.45, 7) is 0. The summed E-state index contributed by atoms with van der Waals surface area (Å²) in [5.41, 5.74) is 4.02. The number of ether oxygens (including phenoxy) is 1. The molecule has 0 aromatic heterocycles. The number of phenolic OH excluding ortho intramolecular Hbond substituents is 1. The fourth-order valence-electron chi connectivity index (χ4n) is 3.84. The molecule has 1 amide bonds. The van der Waals surface area contributed by atoms with Crippen LogP contribution in [0, 0.1) is 5.82 Å². The first-order valence-corrected chi connectivity index (χ1v) is 11.1. The van der Waals surface area contributed by atoms with E-state index in [2.05, 4.69) is 5.32 Å². The summed E-state index contributed by atoms with van der Waals surface area (Å²) in [5.74, 6) is -1.91. The molecule has 4 rings (SSSR count). The average Bonchev–Trinajstić information content (AvgIpc) is 2.89. The lowest BCUT2D eigenvalue weighted by Gasteiger charge is -2.18. The van der Waals surface area contributed by atoms with E-state index in [4.69, 9.17) is 4.74 Å². The molecule has 1 unspecified atom stereocenters. The Morgan fingerprint density at radius 2 is 1.46 bits per heavy atom. The van der Waals surface area contributed by atoms with Crippen molar-refractivity contribution in [1.29, 1.82) is 0 Å². The Morgan fingerprint density at radius 1 is 0.829 bits per heavy atom. The molecule has 35 heavy (non-hydrogen) atoms. The van der Waals surface area contributed by atoms with Crippen LogP contribution in [-0.2, 0) is 16.0 Å². The SMILES string of the molecule is COC(=O)C(Cc1ccc(-c2ccccc2)cc1)NC(=O)c1cc(-c2cccc(F)c2)ccc1O. The van der Waals surface area contributed by atoms with Gasteiger partial charge < -0.3 is 15.2 Å². The van der Waals surface area contributed by atoms with Crippen molar-refractivity contribution >= 4 is 11.9 Å². The normalized spacial score (nSPS) is 11.5. The second-order valence-corrected chi connectivity index (χ2v) is 8.06. The van der Waals surface area contributed by atoms with Gasteiger partial charge in [0.25, 0.3) is 5.91 Å². The van der Waals surface area contributed by atoms with Crippen LogP contribution in [0.5, 0.6) is 5.75 Å². The molecule has 0 saturated heterocycles. The van der Waals surface area contributed by atoms with Crippen molar-refractivity contribution in [2.24, 2.45) is 0 Å². The van der Waals surface area contributed by atoms with E-state index in [1.807, 2.05) is 54.6 Å². The maximum atomic E-state index is 13.6. The quantitative estimate of drug-likeness (QED) is 0.357. The molecule has 5 nitrogen and oxygen atoms in total. The lowest BCUT2D eigenvalue weighted by atomic mass is 9.99. The lowest BCUT2D eigenvalue weighted by Crippen LogP contribution is -2.43. The number of phenols is 1. The summed E-state index contributed by atoms with van der Waals surface area (Å²) in [4.78, 5) is 25.5. The van der Waals surface area contributed by atoms with E-state index in [1.165, 1.54) is 31.4 Å². The molecule has 0 saturated carbocycles. The third kappa shape index (κ3) is 5.73. The van der Waals surface area contributed by atoms with Crippen LogP contribution in [0.1, 0.15) is 15.9 Å². The highest BCUT2D eigenvalue weighted by molar-refractivity contribution is 6.00. The number of hydrogen-bond donors (Lipinski definition) is 2. The number of esters is 1. The van der Waals surface area contributed by atoms with E-state index >= 15 is 0 Å². The second kappa shape index (κ2) is 10.7. The zero-order valence-corrected chi connectivity index (χ0v) is 19.1. The van der Waals surface area contributed by atoms with Crippen LogP contribution < -0.4 is 5.32 Å². The molecule has 4 aromatic rings. The topological polar surface area (TPSA) is 75.6 Å². The van der Waals surface area contributed by atoms with Gasteiger partial charge in [0.1, 0.15) is 17.6 Å². The summed E-state index contributed by atoms with van der Waals surface area (Å²) >= 11 is 0. The number of nitrogens with one attached hydrogen (secondary N) is 1. The van der Waals surface area contributed by atoms with Gasteiger partial charge in [-0.15, -0.1) is 0 Å². The van der Waals surface area contributed by atoms with Crippen LogP contribution in [-0.4, -0.2) is 30.1 Å². The highest BCUT2D eigenvalue weighted by Gasteiger charge is 2.24. The molecule has 176 valence electrons. The van der Waals surface area contributed by atoms with Gasteiger partial charge in [0, 0.05) is 6.42 Å². The van der Waals surface area contributed by atoms with Gasteiger partial charge in [-0.2, -0.15) is 0 Å². The number of carbonyl (C=O) groups is 2. The number of carbonyl (C=O) groups excluding carboxylic acids is 2. The first-order chi connectivity index (χ1) is 16.9. The molecular formula is C29H24FNO4. The predicted molar refractivity (Wildman–Crippen MR) is 132 cm³/mol. The minimum Gasteiger partial charge on any atom is -0.507 e. The molecule has 0 aliphatic carbocycles. The minimum absolute atomic E-state index is 0.0277. The number of rotatable bonds is 7. The molecule has 1 atom stereocenters. The van der Waals surface area contributed by atoms with E-state index in [-0.39, 0.29) is 17.7 Å². The smallest absolute Gasteiger partial charge is 0.328 e. The van der Waals surface area contributed by atoms with Crippen molar-refractivity contribution in [2.75, 3.05) is 7.11 Å². The van der Waals surface area contributed by atoms with E-state index in [0.29, 0.717) is 11.1 Å². The lowest BCUT2D eigenvalue weighted by molar-refractivity contribution is -0.142. The third-order valence-electron chi connectivity index (χ3n) is 5.69. The molecule has 0 radical (unpaired) electrons. The Balaban J connectivity index is 1.54. The van der Waals surface area contributed by atoms with Gasteiger partial charge in [0.05, 0.1) is 12.7 Å². The number of amides is 1. The highest BCUT2D eigenvalue weighted by Crippen LogP contribution is 2.27. The van der Waals surface area contributed by atoms with Gasteiger partial charge in [0.15, 0.2) is 0 Å². The van der Waals surface area contributed by atoms with Crippen molar-refractivity contribution in [3.05, 3.63) is 114 Å². The van der Waals surface area contributed by atoms with E-state index < -0.39 is 23.7 Å². The van der Waals surface area contributed by atoms with Crippen molar-refractivity contribution < 1.29 is 23.8 Å². The Kier molecular flexibility index (Phi) is 7.21.